The number of amides is 1. The van der Waals surface area contributed by atoms with Gasteiger partial charge in [-0.2, -0.15) is 4.72 Å². The summed E-state index contributed by atoms with van der Waals surface area (Å²) in [6.07, 6.45) is 0.0709. The van der Waals surface area contributed by atoms with Crippen LogP contribution in [0.1, 0.15) is 11.1 Å². The van der Waals surface area contributed by atoms with Gasteiger partial charge in [0.2, 0.25) is 15.9 Å². The van der Waals surface area contributed by atoms with Crippen molar-refractivity contribution in [1.29, 1.82) is 0 Å². The molecular weight excluding hydrogens is 410 g/mol. The largest absolute Gasteiger partial charge is 0.324 e. The van der Waals surface area contributed by atoms with Crippen molar-refractivity contribution in [2.45, 2.75) is 24.3 Å². The highest BCUT2D eigenvalue weighted by Gasteiger charge is 2.26. The third-order valence-corrected chi connectivity index (χ3v) is 5.97. The van der Waals surface area contributed by atoms with Gasteiger partial charge in [-0.3, -0.25) is 4.79 Å². The number of hydrogen-bond acceptors (Lipinski definition) is 3. The summed E-state index contributed by atoms with van der Waals surface area (Å²) in [5.74, 6) is -1.74. The molecule has 3 aromatic rings. The fraction of sp³-hybridized carbons (Fsp3) is 0.136. The molecule has 0 spiro atoms. The Balaban J connectivity index is 1.88. The minimum absolute atomic E-state index is 0.0709. The van der Waals surface area contributed by atoms with Crippen LogP contribution in [-0.4, -0.2) is 20.4 Å². The maximum atomic E-state index is 13.6. The Kier molecular flexibility index (Phi) is 6.59. The van der Waals surface area contributed by atoms with Crippen LogP contribution in [0.4, 0.5) is 14.5 Å². The lowest BCUT2D eigenvalue weighted by atomic mass is 10.1. The zero-order valence-electron chi connectivity index (χ0n) is 16.1. The lowest BCUT2D eigenvalue weighted by molar-refractivity contribution is -0.117. The molecule has 0 aliphatic rings. The van der Waals surface area contributed by atoms with Gasteiger partial charge in [0.15, 0.2) is 0 Å². The number of hydrogen-bond donors (Lipinski definition) is 2. The maximum Gasteiger partial charge on any atom is 0.242 e. The summed E-state index contributed by atoms with van der Waals surface area (Å²) in [6, 6.07) is 15.9. The Morgan fingerprint density at radius 2 is 1.57 bits per heavy atom. The van der Waals surface area contributed by atoms with Gasteiger partial charge in [-0.05, 0) is 60.9 Å². The van der Waals surface area contributed by atoms with E-state index in [1.807, 2.05) is 0 Å². The summed E-state index contributed by atoms with van der Waals surface area (Å²) >= 11 is 0. The molecule has 0 radical (unpaired) electrons. The molecule has 0 aliphatic carbocycles. The van der Waals surface area contributed by atoms with Crippen molar-refractivity contribution in [3.63, 3.8) is 0 Å². The monoisotopic (exact) mass is 430 g/mol. The highest BCUT2D eigenvalue weighted by atomic mass is 32.2. The van der Waals surface area contributed by atoms with Crippen molar-refractivity contribution in [2.75, 3.05) is 5.32 Å². The zero-order valence-corrected chi connectivity index (χ0v) is 16.9. The predicted octanol–water partition coefficient (Wildman–Crippen LogP) is 3.80. The van der Waals surface area contributed by atoms with Gasteiger partial charge in [0.05, 0.1) is 4.90 Å². The van der Waals surface area contributed by atoms with Crippen LogP contribution >= 0.6 is 0 Å². The second-order valence-electron chi connectivity index (χ2n) is 6.77. The number of benzene rings is 3. The Morgan fingerprint density at radius 1 is 0.933 bits per heavy atom. The average Bonchev–Trinajstić information content (AvgIpc) is 2.71. The van der Waals surface area contributed by atoms with Gasteiger partial charge in [-0.15, -0.1) is 0 Å². The predicted molar refractivity (Wildman–Crippen MR) is 110 cm³/mol. The fourth-order valence-corrected chi connectivity index (χ4v) is 4.05. The summed E-state index contributed by atoms with van der Waals surface area (Å²) in [5, 5.41) is 2.59. The molecule has 1 amide bonds. The van der Waals surface area contributed by atoms with Crippen LogP contribution in [0.25, 0.3) is 0 Å². The van der Waals surface area contributed by atoms with E-state index in [9.17, 15) is 22.0 Å². The summed E-state index contributed by atoms with van der Waals surface area (Å²) in [7, 11) is -4.10. The van der Waals surface area contributed by atoms with Crippen molar-refractivity contribution >= 4 is 21.6 Å². The molecule has 0 saturated heterocycles. The van der Waals surface area contributed by atoms with Gasteiger partial charge in [0.25, 0.3) is 0 Å². The number of aryl methyl sites for hydroxylation is 1. The van der Waals surface area contributed by atoms with E-state index < -0.39 is 33.6 Å². The summed E-state index contributed by atoms with van der Waals surface area (Å²) in [4.78, 5) is 12.8. The van der Waals surface area contributed by atoms with E-state index in [1.54, 1.807) is 37.3 Å². The first-order valence-electron chi connectivity index (χ1n) is 9.13. The highest BCUT2D eigenvalue weighted by molar-refractivity contribution is 7.89. The second kappa shape index (κ2) is 9.15. The highest BCUT2D eigenvalue weighted by Crippen LogP contribution is 2.18. The molecule has 0 aliphatic heterocycles. The number of nitrogens with one attached hydrogen (secondary N) is 2. The first-order valence-corrected chi connectivity index (χ1v) is 10.6. The van der Waals surface area contributed by atoms with Crippen molar-refractivity contribution < 1.29 is 22.0 Å². The lowest BCUT2D eigenvalue weighted by Crippen LogP contribution is -2.45. The van der Waals surface area contributed by atoms with Gasteiger partial charge >= 0.3 is 0 Å². The Bertz CT molecular complexity index is 1130. The topological polar surface area (TPSA) is 75.3 Å². The molecule has 8 heteroatoms. The minimum Gasteiger partial charge on any atom is -0.324 e. The van der Waals surface area contributed by atoms with Crippen LogP contribution in [0.2, 0.25) is 0 Å². The van der Waals surface area contributed by atoms with Crippen LogP contribution < -0.4 is 10.0 Å². The summed E-state index contributed by atoms with van der Waals surface area (Å²) in [6.45, 7) is 1.70. The molecule has 3 rings (SSSR count). The van der Waals surface area contributed by atoms with Crippen molar-refractivity contribution in [1.82, 2.24) is 4.72 Å². The average molecular weight is 430 g/mol. The number of carbonyl (C=O) groups is 1. The van der Waals surface area contributed by atoms with E-state index in [-0.39, 0.29) is 17.0 Å². The summed E-state index contributed by atoms with van der Waals surface area (Å²) < 4.78 is 54.6. The number of sulfonamides is 1. The van der Waals surface area contributed by atoms with Crippen LogP contribution in [0, 0.1) is 18.6 Å². The molecule has 0 saturated carbocycles. The second-order valence-corrected chi connectivity index (χ2v) is 8.48. The Morgan fingerprint density at radius 3 is 2.23 bits per heavy atom. The number of anilines is 1. The molecule has 30 heavy (non-hydrogen) atoms. The summed E-state index contributed by atoms with van der Waals surface area (Å²) in [5.41, 5.74) is 1.61. The molecule has 0 unspecified atom stereocenters. The van der Waals surface area contributed by atoms with Crippen molar-refractivity contribution in [3.8, 4) is 0 Å². The van der Waals surface area contributed by atoms with E-state index in [2.05, 4.69) is 10.0 Å². The maximum absolute atomic E-state index is 13.6. The molecule has 0 aromatic heterocycles. The number of halogens is 2. The Hall–Kier alpha value is -3.10. The lowest BCUT2D eigenvalue weighted by Gasteiger charge is -2.19. The number of carbonyl (C=O) groups excluding carboxylic acids is 1. The van der Waals surface area contributed by atoms with Crippen molar-refractivity contribution in [2.24, 2.45) is 0 Å². The molecule has 5 nitrogen and oxygen atoms in total. The van der Waals surface area contributed by atoms with Crippen LogP contribution in [0.3, 0.4) is 0 Å². The van der Waals surface area contributed by atoms with Crippen LogP contribution in [-0.2, 0) is 21.2 Å². The van der Waals surface area contributed by atoms with E-state index in [0.29, 0.717) is 5.56 Å². The third kappa shape index (κ3) is 5.49. The molecule has 0 fully saturated rings. The molecule has 156 valence electrons. The minimum atomic E-state index is -4.10. The Labute approximate surface area is 173 Å². The van der Waals surface area contributed by atoms with E-state index >= 15 is 0 Å². The standard InChI is InChI=1S/C22H20F2N2O3S/c1-15-7-8-18(24)14-20(15)25-22(27)21(13-16-5-3-2-4-6-16)26-30(28,29)19-11-9-17(23)10-12-19/h2-12,14,21,26H,13H2,1H3,(H,25,27)/t21-/m1/s1. The quantitative estimate of drug-likeness (QED) is 0.599. The molecule has 2 N–H and O–H groups in total. The molecular formula is C22H20F2N2O3S. The van der Waals surface area contributed by atoms with Gasteiger partial charge in [-0.1, -0.05) is 36.4 Å². The molecule has 0 heterocycles. The smallest absolute Gasteiger partial charge is 0.242 e. The SMILES string of the molecule is Cc1ccc(F)cc1NC(=O)[C@@H](Cc1ccccc1)NS(=O)(=O)c1ccc(F)cc1. The molecule has 1 atom stereocenters. The van der Waals surface area contributed by atoms with E-state index in [1.165, 1.54) is 18.2 Å². The normalized spacial score (nSPS) is 12.4. The van der Waals surface area contributed by atoms with Gasteiger partial charge < -0.3 is 5.32 Å². The zero-order chi connectivity index (χ0) is 21.7. The first kappa shape index (κ1) is 21.6. The first-order chi connectivity index (χ1) is 14.2. The van der Waals surface area contributed by atoms with Gasteiger partial charge in [0, 0.05) is 5.69 Å². The molecule has 3 aromatic carbocycles. The van der Waals surface area contributed by atoms with E-state index in [0.717, 1.165) is 29.8 Å². The van der Waals surface area contributed by atoms with Crippen LogP contribution in [0.5, 0.6) is 0 Å². The van der Waals surface area contributed by atoms with Crippen molar-refractivity contribution in [3.05, 3.63) is 95.6 Å². The van der Waals surface area contributed by atoms with Gasteiger partial charge in [-0.25, -0.2) is 17.2 Å². The van der Waals surface area contributed by atoms with Gasteiger partial charge in [0.1, 0.15) is 17.7 Å². The fourth-order valence-electron chi connectivity index (χ4n) is 2.86. The third-order valence-electron chi connectivity index (χ3n) is 4.48. The van der Waals surface area contributed by atoms with E-state index in [4.69, 9.17) is 0 Å². The van der Waals surface area contributed by atoms with Crippen LogP contribution in [0.15, 0.2) is 77.7 Å². The number of rotatable bonds is 7. The molecule has 0 bridgehead atoms.